The fourth-order valence-electron chi connectivity index (χ4n) is 3.62. The standard InChI is InChI=1S/C14H24N4O2/c19-13(12-10-15-14(20)16-12)18-7-3-6-17(8-9-18)11-4-1-2-5-11/h11-12H,1-10H2,(H2,15,16,20). The molecule has 0 spiro atoms. The maximum Gasteiger partial charge on any atom is 0.315 e. The quantitative estimate of drug-likeness (QED) is 0.756. The van der Waals surface area contributed by atoms with Crippen molar-refractivity contribution in [3.8, 4) is 0 Å². The van der Waals surface area contributed by atoms with Crippen LogP contribution in [-0.2, 0) is 4.79 Å². The van der Waals surface area contributed by atoms with Crippen LogP contribution in [0, 0.1) is 0 Å². The van der Waals surface area contributed by atoms with Crippen LogP contribution in [0.4, 0.5) is 4.79 Å². The molecule has 2 saturated heterocycles. The van der Waals surface area contributed by atoms with E-state index in [1.54, 1.807) is 0 Å². The Hall–Kier alpha value is -1.30. The van der Waals surface area contributed by atoms with Gasteiger partial charge in [-0.15, -0.1) is 0 Å². The van der Waals surface area contributed by atoms with Gasteiger partial charge in [0, 0.05) is 38.8 Å². The fourth-order valence-corrected chi connectivity index (χ4v) is 3.62. The largest absolute Gasteiger partial charge is 0.340 e. The Labute approximate surface area is 119 Å². The number of nitrogens with one attached hydrogen (secondary N) is 2. The normalized spacial score (nSPS) is 29.1. The lowest BCUT2D eigenvalue weighted by Gasteiger charge is -2.27. The molecular formula is C14H24N4O2. The van der Waals surface area contributed by atoms with Crippen molar-refractivity contribution < 1.29 is 9.59 Å². The summed E-state index contributed by atoms with van der Waals surface area (Å²) >= 11 is 0. The molecule has 0 aromatic rings. The molecule has 3 rings (SSSR count). The number of hydrogen-bond donors (Lipinski definition) is 2. The lowest BCUT2D eigenvalue weighted by molar-refractivity contribution is -0.132. The molecule has 0 aromatic heterocycles. The summed E-state index contributed by atoms with van der Waals surface area (Å²) in [5.41, 5.74) is 0. The fraction of sp³-hybridized carbons (Fsp3) is 0.857. The Balaban J connectivity index is 1.54. The maximum atomic E-state index is 12.4. The smallest absolute Gasteiger partial charge is 0.315 e. The zero-order valence-corrected chi connectivity index (χ0v) is 11.9. The van der Waals surface area contributed by atoms with E-state index in [4.69, 9.17) is 0 Å². The van der Waals surface area contributed by atoms with Crippen molar-refractivity contribution in [2.75, 3.05) is 32.7 Å². The first-order chi connectivity index (χ1) is 9.74. The minimum absolute atomic E-state index is 0.0663. The van der Waals surface area contributed by atoms with Crippen molar-refractivity contribution in [3.63, 3.8) is 0 Å². The van der Waals surface area contributed by atoms with Gasteiger partial charge in [-0.1, -0.05) is 12.8 Å². The molecule has 6 nitrogen and oxygen atoms in total. The third-order valence-electron chi connectivity index (χ3n) is 4.75. The molecule has 1 aliphatic carbocycles. The number of urea groups is 1. The number of rotatable bonds is 2. The third-order valence-corrected chi connectivity index (χ3v) is 4.75. The highest BCUT2D eigenvalue weighted by molar-refractivity contribution is 5.90. The highest BCUT2D eigenvalue weighted by atomic mass is 16.2. The van der Waals surface area contributed by atoms with Gasteiger partial charge in [0.25, 0.3) is 0 Å². The highest BCUT2D eigenvalue weighted by Gasteiger charge is 2.32. The number of carbonyl (C=O) groups excluding carboxylic acids is 2. The average Bonchev–Trinajstić information content (AvgIpc) is 3.05. The Kier molecular flexibility index (Phi) is 4.10. The summed E-state index contributed by atoms with van der Waals surface area (Å²) in [7, 11) is 0. The van der Waals surface area contributed by atoms with Crippen LogP contribution < -0.4 is 10.6 Å². The van der Waals surface area contributed by atoms with E-state index in [0.29, 0.717) is 6.54 Å². The van der Waals surface area contributed by atoms with Gasteiger partial charge in [0.05, 0.1) is 0 Å². The molecule has 20 heavy (non-hydrogen) atoms. The molecule has 3 amide bonds. The van der Waals surface area contributed by atoms with E-state index in [1.807, 2.05) is 4.90 Å². The van der Waals surface area contributed by atoms with Crippen LogP contribution in [0.1, 0.15) is 32.1 Å². The second-order valence-electron chi connectivity index (χ2n) is 6.06. The van der Waals surface area contributed by atoms with Gasteiger partial charge in [0.2, 0.25) is 5.91 Å². The van der Waals surface area contributed by atoms with Gasteiger partial charge < -0.3 is 15.5 Å². The topological polar surface area (TPSA) is 64.7 Å². The molecule has 1 atom stereocenters. The summed E-state index contributed by atoms with van der Waals surface area (Å²) in [5, 5.41) is 5.33. The molecule has 6 heteroatoms. The van der Waals surface area contributed by atoms with E-state index in [1.165, 1.54) is 25.7 Å². The molecular weight excluding hydrogens is 256 g/mol. The predicted molar refractivity (Wildman–Crippen MR) is 75.3 cm³/mol. The van der Waals surface area contributed by atoms with Gasteiger partial charge in [-0.2, -0.15) is 0 Å². The minimum Gasteiger partial charge on any atom is -0.340 e. The Morgan fingerprint density at radius 2 is 1.85 bits per heavy atom. The Bertz CT molecular complexity index is 381. The van der Waals surface area contributed by atoms with Crippen molar-refractivity contribution in [1.82, 2.24) is 20.4 Å². The molecule has 3 fully saturated rings. The van der Waals surface area contributed by atoms with Crippen molar-refractivity contribution >= 4 is 11.9 Å². The van der Waals surface area contributed by atoms with E-state index in [9.17, 15) is 9.59 Å². The summed E-state index contributed by atoms with van der Waals surface area (Å²) in [6, 6.07) is 0.129. The highest BCUT2D eigenvalue weighted by Crippen LogP contribution is 2.24. The molecule has 2 aliphatic heterocycles. The Morgan fingerprint density at radius 3 is 2.55 bits per heavy atom. The molecule has 2 N–H and O–H groups in total. The van der Waals surface area contributed by atoms with E-state index < -0.39 is 0 Å². The van der Waals surface area contributed by atoms with Crippen LogP contribution in [-0.4, -0.2) is 66.5 Å². The first-order valence-electron chi connectivity index (χ1n) is 7.81. The van der Waals surface area contributed by atoms with Gasteiger partial charge in [-0.3, -0.25) is 9.69 Å². The average molecular weight is 280 g/mol. The van der Waals surface area contributed by atoms with E-state index >= 15 is 0 Å². The number of nitrogens with zero attached hydrogens (tertiary/aromatic N) is 2. The number of hydrogen-bond acceptors (Lipinski definition) is 3. The molecule has 0 bridgehead atoms. The monoisotopic (exact) mass is 280 g/mol. The van der Waals surface area contributed by atoms with Gasteiger partial charge in [0.15, 0.2) is 0 Å². The minimum atomic E-state index is -0.375. The molecule has 112 valence electrons. The molecule has 1 unspecified atom stereocenters. The van der Waals surface area contributed by atoms with E-state index in [2.05, 4.69) is 15.5 Å². The SMILES string of the molecule is O=C1NCC(C(=O)N2CCCN(C3CCCC3)CC2)N1. The first-order valence-corrected chi connectivity index (χ1v) is 7.81. The van der Waals surface area contributed by atoms with Crippen LogP contribution in [0.25, 0.3) is 0 Å². The summed E-state index contributed by atoms with van der Waals surface area (Å²) in [4.78, 5) is 28.0. The van der Waals surface area contributed by atoms with E-state index in [-0.39, 0.29) is 18.0 Å². The Morgan fingerprint density at radius 1 is 1.05 bits per heavy atom. The molecule has 0 radical (unpaired) electrons. The van der Waals surface area contributed by atoms with Crippen LogP contribution in [0.5, 0.6) is 0 Å². The zero-order valence-electron chi connectivity index (χ0n) is 11.9. The second-order valence-corrected chi connectivity index (χ2v) is 6.06. The lowest BCUT2D eigenvalue weighted by atomic mass is 10.2. The van der Waals surface area contributed by atoms with E-state index in [0.717, 1.165) is 38.6 Å². The summed E-state index contributed by atoms with van der Waals surface area (Å²) < 4.78 is 0. The zero-order chi connectivity index (χ0) is 13.9. The van der Waals surface area contributed by atoms with Crippen LogP contribution in [0.3, 0.4) is 0 Å². The van der Waals surface area contributed by atoms with Crippen LogP contribution in [0.2, 0.25) is 0 Å². The molecule has 2 heterocycles. The van der Waals surface area contributed by atoms with Crippen LogP contribution in [0.15, 0.2) is 0 Å². The van der Waals surface area contributed by atoms with Crippen molar-refractivity contribution in [2.24, 2.45) is 0 Å². The van der Waals surface area contributed by atoms with Gasteiger partial charge in [-0.25, -0.2) is 4.79 Å². The third kappa shape index (κ3) is 2.90. The lowest BCUT2D eigenvalue weighted by Crippen LogP contribution is -2.47. The molecule has 1 saturated carbocycles. The van der Waals surface area contributed by atoms with Gasteiger partial charge in [0.1, 0.15) is 6.04 Å². The summed E-state index contributed by atoms with van der Waals surface area (Å²) in [6.07, 6.45) is 6.37. The second kappa shape index (κ2) is 5.99. The first kappa shape index (κ1) is 13.7. The predicted octanol–water partition coefficient (Wildman–Crippen LogP) is 0.145. The number of carbonyl (C=O) groups is 2. The van der Waals surface area contributed by atoms with Crippen molar-refractivity contribution in [2.45, 2.75) is 44.2 Å². The van der Waals surface area contributed by atoms with Gasteiger partial charge >= 0.3 is 6.03 Å². The van der Waals surface area contributed by atoms with Crippen molar-refractivity contribution in [1.29, 1.82) is 0 Å². The summed E-state index contributed by atoms with van der Waals surface area (Å²) in [5.74, 6) is 0.0663. The van der Waals surface area contributed by atoms with Gasteiger partial charge in [-0.05, 0) is 19.3 Å². The van der Waals surface area contributed by atoms with Crippen LogP contribution >= 0.6 is 0 Å². The molecule has 3 aliphatic rings. The summed E-state index contributed by atoms with van der Waals surface area (Å²) in [6.45, 7) is 4.10. The number of amides is 3. The molecule has 0 aromatic carbocycles. The van der Waals surface area contributed by atoms with Crippen molar-refractivity contribution in [3.05, 3.63) is 0 Å². The maximum absolute atomic E-state index is 12.4.